The molecule has 0 radical (unpaired) electrons. The Hall–Kier alpha value is -1.40. The van der Waals surface area contributed by atoms with Crippen LogP contribution in [0.15, 0.2) is 11.4 Å². The molecule has 112 valence electrons. The number of hydrogen-bond acceptors (Lipinski definition) is 6. The van der Waals surface area contributed by atoms with Gasteiger partial charge >= 0.3 is 0 Å². The zero-order valence-corrected chi connectivity index (χ0v) is 13.2. The highest BCUT2D eigenvalue weighted by atomic mass is 32.1. The van der Waals surface area contributed by atoms with Crippen LogP contribution >= 0.6 is 11.3 Å². The number of thiophene rings is 1. The maximum Gasteiger partial charge on any atom is 0.226 e. The van der Waals surface area contributed by atoms with E-state index in [-0.39, 0.29) is 0 Å². The SMILES string of the molecule is CCNc1nc(N2CCN(C3CC3)CC2)c2ccsc2n1. The summed E-state index contributed by atoms with van der Waals surface area (Å²) in [6.07, 6.45) is 2.79. The second-order valence-corrected chi connectivity index (χ2v) is 6.69. The number of hydrogen-bond donors (Lipinski definition) is 1. The minimum atomic E-state index is 0.757. The van der Waals surface area contributed by atoms with Crippen molar-refractivity contribution < 1.29 is 0 Å². The molecule has 2 aromatic heterocycles. The van der Waals surface area contributed by atoms with Gasteiger partial charge in [-0.3, -0.25) is 4.90 Å². The molecule has 1 saturated carbocycles. The van der Waals surface area contributed by atoms with E-state index in [1.54, 1.807) is 11.3 Å². The molecule has 4 rings (SSSR count). The normalized spacial score (nSPS) is 20.1. The van der Waals surface area contributed by atoms with Gasteiger partial charge < -0.3 is 10.2 Å². The van der Waals surface area contributed by atoms with Crippen molar-refractivity contribution in [3.05, 3.63) is 11.4 Å². The quantitative estimate of drug-likeness (QED) is 0.939. The van der Waals surface area contributed by atoms with E-state index >= 15 is 0 Å². The molecular weight excluding hydrogens is 282 g/mol. The molecule has 3 heterocycles. The van der Waals surface area contributed by atoms with E-state index in [0.29, 0.717) is 0 Å². The maximum absolute atomic E-state index is 4.76. The lowest BCUT2D eigenvalue weighted by Gasteiger charge is -2.35. The van der Waals surface area contributed by atoms with Crippen molar-refractivity contribution in [2.75, 3.05) is 42.9 Å². The van der Waals surface area contributed by atoms with Crippen molar-refractivity contribution in [3.8, 4) is 0 Å². The fourth-order valence-corrected chi connectivity index (χ4v) is 3.82. The van der Waals surface area contributed by atoms with Gasteiger partial charge in [0.25, 0.3) is 0 Å². The maximum atomic E-state index is 4.76. The largest absolute Gasteiger partial charge is 0.354 e. The van der Waals surface area contributed by atoms with Crippen molar-refractivity contribution >= 4 is 33.3 Å². The summed E-state index contributed by atoms with van der Waals surface area (Å²) >= 11 is 1.69. The lowest BCUT2D eigenvalue weighted by Crippen LogP contribution is -2.47. The van der Waals surface area contributed by atoms with E-state index in [4.69, 9.17) is 4.98 Å². The number of rotatable bonds is 4. The van der Waals surface area contributed by atoms with Crippen molar-refractivity contribution in [1.82, 2.24) is 14.9 Å². The van der Waals surface area contributed by atoms with Gasteiger partial charge in [-0.15, -0.1) is 11.3 Å². The number of piperazine rings is 1. The topological polar surface area (TPSA) is 44.3 Å². The molecule has 0 spiro atoms. The van der Waals surface area contributed by atoms with Crippen LogP contribution in [0.1, 0.15) is 19.8 Å². The zero-order valence-electron chi connectivity index (χ0n) is 12.4. The first-order valence-corrected chi connectivity index (χ1v) is 8.71. The van der Waals surface area contributed by atoms with Crippen molar-refractivity contribution in [3.63, 3.8) is 0 Å². The molecule has 0 atom stereocenters. The third kappa shape index (κ3) is 2.58. The lowest BCUT2D eigenvalue weighted by molar-refractivity contribution is 0.248. The number of nitrogens with one attached hydrogen (secondary N) is 1. The fourth-order valence-electron chi connectivity index (χ4n) is 3.06. The smallest absolute Gasteiger partial charge is 0.226 e. The Morgan fingerprint density at radius 1 is 1.24 bits per heavy atom. The summed E-state index contributed by atoms with van der Waals surface area (Å²) in [5, 5.41) is 6.56. The Balaban J connectivity index is 1.60. The summed E-state index contributed by atoms with van der Waals surface area (Å²) in [5.41, 5.74) is 0. The number of fused-ring (bicyclic) bond motifs is 1. The molecule has 1 aliphatic carbocycles. The van der Waals surface area contributed by atoms with Crippen LogP contribution in [-0.2, 0) is 0 Å². The Bertz CT molecular complexity index is 628. The van der Waals surface area contributed by atoms with Crippen LogP contribution in [0.5, 0.6) is 0 Å². The van der Waals surface area contributed by atoms with Gasteiger partial charge in [0, 0.05) is 38.8 Å². The average molecular weight is 303 g/mol. The van der Waals surface area contributed by atoms with Crippen LogP contribution < -0.4 is 10.2 Å². The van der Waals surface area contributed by atoms with E-state index < -0.39 is 0 Å². The standard InChI is InChI=1S/C15H21N5S/c1-2-16-15-17-13(12-5-10-21-14(12)18-15)20-8-6-19(7-9-20)11-3-4-11/h5,10-11H,2-4,6-9H2,1H3,(H,16,17,18). The number of nitrogens with zero attached hydrogens (tertiary/aromatic N) is 4. The molecule has 2 fully saturated rings. The van der Waals surface area contributed by atoms with E-state index in [0.717, 1.165) is 55.4 Å². The zero-order chi connectivity index (χ0) is 14.2. The third-order valence-electron chi connectivity index (χ3n) is 4.32. The molecule has 1 aliphatic heterocycles. The molecular formula is C15H21N5S. The van der Waals surface area contributed by atoms with Crippen LogP contribution in [0.2, 0.25) is 0 Å². The average Bonchev–Trinajstić information content (AvgIpc) is 3.25. The summed E-state index contributed by atoms with van der Waals surface area (Å²) in [6, 6.07) is 3.02. The predicted octanol–water partition coefficient (Wildman–Crippen LogP) is 2.41. The van der Waals surface area contributed by atoms with Crippen molar-refractivity contribution in [2.45, 2.75) is 25.8 Å². The van der Waals surface area contributed by atoms with E-state index in [2.05, 4.69) is 38.5 Å². The van der Waals surface area contributed by atoms with Crippen LogP contribution in [0.3, 0.4) is 0 Å². The van der Waals surface area contributed by atoms with Gasteiger partial charge in [0.1, 0.15) is 10.6 Å². The molecule has 1 saturated heterocycles. The Kier molecular flexibility index (Phi) is 3.43. The minimum Gasteiger partial charge on any atom is -0.354 e. The number of anilines is 2. The Labute approximate surface area is 129 Å². The summed E-state index contributed by atoms with van der Waals surface area (Å²) < 4.78 is 0. The van der Waals surface area contributed by atoms with E-state index in [9.17, 15) is 0 Å². The molecule has 0 bridgehead atoms. The summed E-state index contributed by atoms with van der Waals surface area (Å²) in [7, 11) is 0. The van der Waals surface area contributed by atoms with Crippen LogP contribution in [0.25, 0.3) is 10.2 Å². The molecule has 0 aromatic carbocycles. The Morgan fingerprint density at radius 2 is 2.05 bits per heavy atom. The van der Waals surface area contributed by atoms with Gasteiger partial charge in [-0.1, -0.05) is 0 Å². The van der Waals surface area contributed by atoms with Gasteiger partial charge in [-0.2, -0.15) is 4.98 Å². The molecule has 21 heavy (non-hydrogen) atoms. The van der Waals surface area contributed by atoms with Crippen molar-refractivity contribution in [1.29, 1.82) is 0 Å². The first kappa shape index (κ1) is 13.3. The number of aromatic nitrogens is 2. The predicted molar refractivity (Wildman–Crippen MR) is 88.4 cm³/mol. The van der Waals surface area contributed by atoms with Crippen LogP contribution in [0.4, 0.5) is 11.8 Å². The molecule has 5 nitrogen and oxygen atoms in total. The highest BCUT2D eigenvalue weighted by molar-refractivity contribution is 7.16. The van der Waals surface area contributed by atoms with Gasteiger partial charge in [0.2, 0.25) is 5.95 Å². The fraction of sp³-hybridized carbons (Fsp3) is 0.600. The second-order valence-electron chi connectivity index (χ2n) is 5.79. The van der Waals surface area contributed by atoms with Gasteiger partial charge in [0.15, 0.2) is 0 Å². The molecule has 0 amide bonds. The summed E-state index contributed by atoms with van der Waals surface area (Å²) in [4.78, 5) is 15.5. The van der Waals surface area contributed by atoms with E-state index in [1.165, 1.54) is 18.2 Å². The molecule has 0 unspecified atom stereocenters. The highest BCUT2D eigenvalue weighted by Crippen LogP contribution is 2.32. The van der Waals surface area contributed by atoms with Crippen LogP contribution in [0, 0.1) is 0 Å². The van der Waals surface area contributed by atoms with E-state index in [1.807, 2.05) is 0 Å². The third-order valence-corrected chi connectivity index (χ3v) is 5.12. The Morgan fingerprint density at radius 3 is 2.76 bits per heavy atom. The van der Waals surface area contributed by atoms with Crippen molar-refractivity contribution in [2.24, 2.45) is 0 Å². The van der Waals surface area contributed by atoms with Gasteiger partial charge in [-0.05, 0) is 31.2 Å². The first-order valence-electron chi connectivity index (χ1n) is 7.83. The molecule has 6 heteroatoms. The minimum absolute atomic E-state index is 0.757. The van der Waals surface area contributed by atoms with Gasteiger partial charge in [0.05, 0.1) is 5.39 Å². The second kappa shape index (κ2) is 5.42. The summed E-state index contributed by atoms with van der Waals surface area (Å²) in [6.45, 7) is 7.41. The van der Waals surface area contributed by atoms with Crippen LogP contribution in [-0.4, -0.2) is 53.6 Å². The summed E-state index contributed by atoms with van der Waals surface area (Å²) in [5.74, 6) is 1.86. The lowest BCUT2D eigenvalue weighted by atomic mass is 10.2. The molecule has 2 aliphatic rings. The molecule has 2 aromatic rings. The molecule has 1 N–H and O–H groups in total. The highest BCUT2D eigenvalue weighted by Gasteiger charge is 2.31. The van der Waals surface area contributed by atoms with Gasteiger partial charge in [-0.25, -0.2) is 4.98 Å². The monoisotopic (exact) mass is 303 g/mol. The first-order chi connectivity index (χ1) is 10.3.